The molecule has 0 unspecified atom stereocenters. The van der Waals surface area contributed by atoms with Crippen LogP contribution in [0.2, 0.25) is 5.02 Å². The van der Waals surface area contributed by atoms with Crippen LogP contribution in [0.15, 0.2) is 18.2 Å². The van der Waals surface area contributed by atoms with E-state index >= 15 is 0 Å². The third-order valence-corrected chi connectivity index (χ3v) is 3.92. The van der Waals surface area contributed by atoms with Crippen molar-refractivity contribution < 1.29 is 0 Å². The van der Waals surface area contributed by atoms with Crippen molar-refractivity contribution in [2.45, 2.75) is 38.5 Å². The van der Waals surface area contributed by atoms with Crippen LogP contribution in [0.1, 0.15) is 44.1 Å². The fraction of sp³-hybridized carbons (Fsp3) is 0.533. The first-order valence-electron chi connectivity index (χ1n) is 6.73. The molecule has 0 aromatic heterocycles. The average Bonchev–Trinajstić information content (AvgIpc) is 2.88. The zero-order chi connectivity index (χ0) is 12.8. The minimum Gasteiger partial charge on any atom is -0.384 e. The Morgan fingerprint density at radius 3 is 2.83 bits per heavy atom. The number of nitrogens with zero attached hydrogens (tertiary/aromatic N) is 1. The van der Waals surface area contributed by atoms with Crippen molar-refractivity contribution in [2.24, 2.45) is 5.92 Å². The minimum atomic E-state index is 0.667. The molecule has 1 aliphatic rings. The van der Waals surface area contributed by atoms with Crippen molar-refractivity contribution in [3.8, 4) is 6.07 Å². The Bertz CT molecular complexity index is 431. The molecule has 0 bridgehead atoms. The fourth-order valence-electron chi connectivity index (χ4n) is 2.67. The normalized spacial score (nSPS) is 15.6. The van der Waals surface area contributed by atoms with Gasteiger partial charge in [-0.3, -0.25) is 0 Å². The van der Waals surface area contributed by atoms with E-state index in [4.69, 9.17) is 16.9 Å². The Morgan fingerprint density at radius 2 is 2.11 bits per heavy atom. The van der Waals surface area contributed by atoms with E-state index in [1.54, 1.807) is 12.1 Å². The highest BCUT2D eigenvalue weighted by atomic mass is 35.5. The van der Waals surface area contributed by atoms with E-state index in [1.807, 2.05) is 6.07 Å². The van der Waals surface area contributed by atoms with Crippen LogP contribution in [0, 0.1) is 17.2 Å². The number of halogens is 1. The lowest BCUT2D eigenvalue weighted by Gasteiger charge is -2.11. The molecule has 0 amide bonds. The number of nitriles is 1. The minimum absolute atomic E-state index is 0.667. The van der Waals surface area contributed by atoms with Crippen LogP contribution < -0.4 is 5.32 Å². The molecule has 1 aliphatic carbocycles. The van der Waals surface area contributed by atoms with Gasteiger partial charge in [-0.1, -0.05) is 37.3 Å². The standard InChI is InChI=1S/C15H19ClN2/c16-14-8-7-13(11-17)15(10-14)18-9-3-6-12-4-1-2-5-12/h7-8,10,12,18H,1-6,9H2. The van der Waals surface area contributed by atoms with Gasteiger partial charge in [0, 0.05) is 11.6 Å². The number of nitrogens with one attached hydrogen (secondary N) is 1. The van der Waals surface area contributed by atoms with Gasteiger partial charge < -0.3 is 5.32 Å². The molecule has 1 aromatic rings. The maximum Gasteiger partial charge on any atom is 0.101 e. The average molecular weight is 263 g/mol. The first-order valence-corrected chi connectivity index (χ1v) is 7.11. The maximum atomic E-state index is 9.01. The number of hydrogen-bond donors (Lipinski definition) is 1. The van der Waals surface area contributed by atoms with Crippen molar-refractivity contribution in [1.29, 1.82) is 5.26 Å². The van der Waals surface area contributed by atoms with E-state index in [0.717, 1.165) is 18.2 Å². The first-order chi connectivity index (χ1) is 8.79. The molecular weight excluding hydrogens is 244 g/mol. The van der Waals surface area contributed by atoms with Gasteiger partial charge in [-0.05, 0) is 37.0 Å². The maximum absolute atomic E-state index is 9.01. The van der Waals surface area contributed by atoms with Crippen LogP contribution in [0.4, 0.5) is 5.69 Å². The van der Waals surface area contributed by atoms with Gasteiger partial charge in [0.25, 0.3) is 0 Å². The second-order valence-corrected chi connectivity index (χ2v) is 5.46. The highest BCUT2D eigenvalue weighted by Crippen LogP contribution is 2.28. The largest absolute Gasteiger partial charge is 0.384 e. The summed E-state index contributed by atoms with van der Waals surface area (Å²) in [6.07, 6.45) is 8.09. The summed E-state index contributed by atoms with van der Waals surface area (Å²) in [4.78, 5) is 0. The van der Waals surface area contributed by atoms with Crippen molar-refractivity contribution >= 4 is 17.3 Å². The number of benzene rings is 1. The highest BCUT2D eigenvalue weighted by molar-refractivity contribution is 6.30. The molecule has 96 valence electrons. The van der Waals surface area contributed by atoms with Crippen molar-refractivity contribution in [2.75, 3.05) is 11.9 Å². The summed E-state index contributed by atoms with van der Waals surface area (Å²) >= 11 is 5.94. The summed E-state index contributed by atoms with van der Waals surface area (Å²) in [5.41, 5.74) is 1.52. The molecule has 1 N–H and O–H groups in total. The fourth-order valence-corrected chi connectivity index (χ4v) is 2.85. The van der Waals surface area contributed by atoms with Gasteiger partial charge in [0.15, 0.2) is 0 Å². The molecule has 3 heteroatoms. The third-order valence-electron chi connectivity index (χ3n) is 3.68. The quantitative estimate of drug-likeness (QED) is 0.788. The summed E-state index contributed by atoms with van der Waals surface area (Å²) in [6.45, 7) is 0.922. The second kappa shape index (κ2) is 6.66. The topological polar surface area (TPSA) is 35.8 Å². The van der Waals surface area contributed by atoms with Crippen LogP contribution in [0.25, 0.3) is 0 Å². The predicted octanol–water partition coefficient (Wildman–Crippen LogP) is 4.59. The third kappa shape index (κ3) is 3.65. The number of anilines is 1. The van der Waals surface area contributed by atoms with Crippen molar-refractivity contribution in [1.82, 2.24) is 0 Å². The first kappa shape index (κ1) is 13.2. The lowest BCUT2D eigenvalue weighted by molar-refractivity contribution is 0.491. The SMILES string of the molecule is N#Cc1ccc(Cl)cc1NCCCC1CCCC1. The summed E-state index contributed by atoms with van der Waals surface area (Å²) < 4.78 is 0. The number of hydrogen-bond acceptors (Lipinski definition) is 2. The lowest BCUT2D eigenvalue weighted by Crippen LogP contribution is -2.05. The van der Waals surface area contributed by atoms with Gasteiger partial charge in [-0.2, -0.15) is 5.26 Å². The Labute approximate surface area is 114 Å². The summed E-state index contributed by atoms with van der Waals surface area (Å²) in [6, 6.07) is 7.53. The van der Waals surface area contributed by atoms with Gasteiger partial charge in [-0.25, -0.2) is 0 Å². The van der Waals surface area contributed by atoms with Gasteiger partial charge in [0.1, 0.15) is 6.07 Å². The van der Waals surface area contributed by atoms with Gasteiger partial charge in [-0.15, -0.1) is 0 Å². The molecule has 0 radical (unpaired) electrons. The monoisotopic (exact) mass is 262 g/mol. The van der Waals surface area contributed by atoms with Crippen LogP contribution in [-0.2, 0) is 0 Å². The molecule has 0 spiro atoms. The molecule has 18 heavy (non-hydrogen) atoms. The molecular formula is C15H19ClN2. The Balaban J connectivity index is 1.79. The molecule has 1 fully saturated rings. The van der Waals surface area contributed by atoms with E-state index in [2.05, 4.69) is 11.4 Å². The molecule has 0 heterocycles. The van der Waals surface area contributed by atoms with Gasteiger partial charge in [0.05, 0.1) is 11.3 Å². The van der Waals surface area contributed by atoms with E-state index in [0.29, 0.717) is 10.6 Å². The molecule has 0 atom stereocenters. The van der Waals surface area contributed by atoms with Crippen molar-refractivity contribution in [3.63, 3.8) is 0 Å². The van der Waals surface area contributed by atoms with E-state index in [9.17, 15) is 0 Å². The van der Waals surface area contributed by atoms with E-state index < -0.39 is 0 Å². The van der Waals surface area contributed by atoms with Crippen LogP contribution >= 0.6 is 11.6 Å². The summed E-state index contributed by atoms with van der Waals surface area (Å²) in [5.74, 6) is 0.932. The second-order valence-electron chi connectivity index (χ2n) is 5.02. The molecule has 0 aliphatic heterocycles. The zero-order valence-corrected chi connectivity index (χ0v) is 11.3. The lowest BCUT2D eigenvalue weighted by atomic mass is 10.0. The van der Waals surface area contributed by atoms with E-state index in [-0.39, 0.29) is 0 Å². The smallest absolute Gasteiger partial charge is 0.101 e. The molecule has 1 saturated carbocycles. The Morgan fingerprint density at radius 1 is 1.33 bits per heavy atom. The molecule has 1 aromatic carbocycles. The Hall–Kier alpha value is -1.20. The van der Waals surface area contributed by atoms with Crippen LogP contribution in [0.3, 0.4) is 0 Å². The Kier molecular flexibility index (Phi) is 4.90. The highest BCUT2D eigenvalue weighted by Gasteiger charge is 2.14. The van der Waals surface area contributed by atoms with Crippen LogP contribution in [0.5, 0.6) is 0 Å². The zero-order valence-electron chi connectivity index (χ0n) is 10.6. The van der Waals surface area contributed by atoms with Gasteiger partial charge >= 0.3 is 0 Å². The summed E-state index contributed by atoms with van der Waals surface area (Å²) in [7, 11) is 0. The predicted molar refractivity (Wildman–Crippen MR) is 75.8 cm³/mol. The van der Waals surface area contributed by atoms with E-state index in [1.165, 1.54) is 38.5 Å². The molecule has 2 rings (SSSR count). The molecule has 2 nitrogen and oxygen atoms in total. The summed E-state index contributed by atoms with van der Waals surface area (Å²) in [5, 5.41) is 13.0. The number of rotatable bonds is 5. The van der Waals surface area contributed by atoms with Crippen LogP contribution in [-0.4, -0.2) is 6.54 Å². The van der Waals surface area contributed by atoms with Crippen molar-refractivity contribution in [3.05, 3.63) is 28.8 Å². The molecule has 0 saturated heterocycles. The van der Waals surface area contributed by atoms with Gasteiger partial charge in [0.2, 0.25) is 0 Å².